The maximum Gasteiger partial charge on any atom is 0.326 e. The lowest BCUT2D eigenvalue weighted by Crippen LogP contribution is -2.36. The first-order valence-electron chi connectivity index (χ1n) is 7.00. The van der Waals surface area contributed by atoms with Crippen molar-refractivity contribution in [1.82, 2.24) is 9.97 Å². The number of fused-ring (bicyclic) bond motifs is 3. The van der Waals surface area contributed by atoms with Gasteiger partial charge in [0, 0.05) is 11.4 Å². The number of rotatable bonds is 2. The fraction of sp³-hybridized carbons (Fsp3) is 0.500. The van der Waals surface area contributed by atoms with Crippen LogP contribution in [0.25, 0.3) is 10.2 Å². The minimum absolute atomic E-state index is 0.440. The second-order valence-electron chi connectivity index (χ2n) is 5.42. The second kappa shape index (κ2) is 4.41. The molecule has 0 amide bonds. The number of hydrogen-bond acceptors (Lipinski definition) is 5. The van der Waals surface area contributed by atoms with Crippen LogP contribution in [-0.4, -0.2) is 33.6 Å². The lowest BCUT2D eigenvalue weighted by Gasteiger charge is -2.23. The zero-order valence-electron chi connectivity index (χ0n) is 11.0. The molecule has 0 radical (unpaired) electrons. The van der Waals surface area contributed by atoms with Crippen molar-refractivity contribution in [3.05, 3.63) is 16.8 Å². The Hall–Kier alpha value is -1.69. The topological polar surface area (TPSA) is 66.3 Å². The highest BCUT2D eigenvalue weighted by Gasteiger charge is 2.34. The Morgan fingerprint density at radius 1 is 1.35 bits per heavy atom. The lowest BCUT2D eigenvalue weighted by atomic mass is 10.1. The van der Waals surface area contributed by atoms with E-state index in [9.17, 15) is 9.90 Å². The van der Waals surface area contributed by atoms with E-state index in [1.807, 2.05) is 4.90 Å². The number of carbonyl (C=O) groups is 1. The quantitative estimate of drug-likeness (QED) is 0.918. The third-order valence-corrected chi connectivity index (χ3v) is 5.49. The largest absolute Gasteiger partial charge is 0.480 e. The molecule has 2 aromatic rings. The Labute approximate surface area is 120 Å². The number of aromatic nitrogens is 2. The van der Waals surface area contributed by atoms with Crippen LogP contribution in [0.15, 0.2) is 6.33 Å². The summed E-state index contributed by atoms with van der Waals surface area (Å²) in [5, 5.41) is 10.5. The minimum atomic E-state index is -0.749. The highest BCUT2D eigenvalue weighted by molar-refractivity contribution is 7.19. The van der Waals surface area contributed by atoms with Gasteiger partial charge in [-0.25, -0.2) is 14.8 Å². The van der Waals surface area contributed by atoms with E-state index in [1.165, 1.54) is 16.9 Å². The van der Waals surface area contributed by atoms with E-state index in [1.54, 1.807) is 17.7 Å². The van der Waals surface area contributed by atoms with Crippen LogP contribution in [-0.2, 0) is 17.6 Å². The number of aryl methyl sites for hydroxylation is 2. The molecule has 6 heteroatoms. The smallest absolute Gasteiger partial charge is 0.326 e. The van der Waals surface area contributed by atoms with Gasteiger partial charge in [-0.3, -0.25) is 0 Å². The van der Waals surface area contributed by atoms with Crippen LogP contribution in [0.2, 0.25) is 0 Å². The molecule has 4 rings (SSSR count). The third-order valence-electron chi connectivity index (χ3n) is 4.29. The van der Waals surface area contributed by atoms with Crippen molar-refractivity contribution in [2.45, 2.75) is 38.1 Å². The minimum Gasteiger partial charge on any atom is -0.480 e. The van der Waals surface area contributed by atoms with Crippen molar-refractivity contribution < 1.29 is 9.90 Å². The molecule has 104 valence electrons. The van der Waals surface area contributed by atoms with Crippen LogP contribution < -0.4 is 4.90 Å². The van der Waals surface area contributed by atoms with E-state index in [4.69, 9.17) is 0 Å². The van der Waals surface area contributed by atoms with Crippen LogP contribution in [0.1, 0.15) is 29.7 Å². The molecule has 1 fully saturated rings. The standard InChI is InChI=1S/C14H15N3O2S/c18-14(19)9-4-2-6-17(9)12-11-8-3-1-5-10(8)20-13(11)16-7-15-12/h7,9H,1-6H2,(H,18,19)/t9-/m0/s1. The number of carboxylic acids is 1. The Kier molecular flexibility index (Phi) is 2.66. The summed E-state index contributed by atoms with van der Waals surface area (Å²) in [6.07, 6.45) is 6.57. The molecule has 3 heterocycles. The summed E-state index contributed by atoms with van der Waals surface area (Å²) in [5.41, 5.74) is 1.36. The zero-order chi connectivity index (χ0) is 13.7. The van der Waals surface area contributed by atoms with E-state index in [0.717, 1.165) is 41.8 Å². The molecule has 2 aliphatic rings. The van der Waals surface area contributed by atoms with E-state index in [0.29, 0.717) is 6.42 Å². The summed E-state index contributed by atoms with van der Waals surface area (Å²) in [5.74, 6) is 0.0837. The van der Waals surface area contributed by atoms with Crippen LogP contribution in [0.4, 0.5) is 5.82 Å². The Bertz CT molecular complexity index is 697. The van der Waals surface area contributed by atoms with E-state index in [2.05, 4.69) is 9.97 Å². The predicted octanol–water partition coefficient (Wildman–Crippen LogP) is 2.23. The van der Waals surface area contributed by atoms with Gasteiger partial charge in [0.2, 0.25) is 0 Å². The molecule has 20 heavy (non-hydrogen) atoms. The average Bonchev–Trinajstić information content (AvgIpc) is 3.12. The highest BCUT2D eigenvalue weighted by Crippen LogP contribution is 2.41. The van der Waals surface area contributed by atoms with Gasteiger partial charge >= 0.3 is 5.97 Å². The third kappa shape index (κ3) is 1.64. The van der Waals surface area contributed by atoms with Crippen molar-refractivity contribution in [2.75, 3.05) is 11.4 Å². The summed E-state index contributed by atoms with van der Waals surface area (Å²) in [6.45, 7) is 0.772. The van der Waals surface area contributed by atoms with Crippen molar-refractivity contribution in [1.29, 1.82) is 0 Å². The van der Waals surface area contributed by atoms with Crippen LogP contribution >= 0.6 is 11.3 Å². The fourth-order valence-corrected chi connectivity index (χ4v) is 4.63. The molecule has 0 bridgehead atoms. The summed E-state index contributed by atoms with van der Waals surface area (Å²) in [7, 11) is 0. The van der Waals surface area contributed by atoms with Crippen molar-refractivity contribution in [3.8, 4) is 0 Å². The predicted molar refractivity (Wildman–Crippen MR) is 77.4 cm³/mol. The summed E-state index contributed by atoms with van der Waals surface area (Å²) in [6, 6.07) is -0.440. The van der Waals surface area contributed by atoms with Crippen molar-refractivity contribution in [3.63, 3.8) is 0 Å². The molecule has 1 atom stereocenters. The fourth-order valence-electron chi connectivity index (χ4n) is 3.41. The van der Waals surface area contributed by atoms with E-state index < -0.39 is 12.0 Å². The maximum absolute atomic E-state index is 11.4. The second-order valence-corrected chi connectivity index (χ2v) is 6.51. The SMILES string of the molecule is O=C(O)[C@@H]1CCCN1c1ncnc2sc3c(c12)CCC3. The molecular formula is C14H15N3O2S. The van der Waals surface area contributed by atoms with E-state index >= 15 is 0 Å². The number of nitrogens with zero attached hydrogens (tertiary/aromatic N) is 3. The molecule has 0 aromatic carbocycles. The highest BCUT2D eigenvalue weighted by atomic mass is 32.1. The van der Waals surface area contributed by atoms with Gasteiger partial charge < -0.3 is 10.0 Å². The van der Waals surface area contributed by atoms with Crippen molar-refractivity contribution >= 4 is 33.3 Å². The van der Waals surface area contributed by atoms with Gasteiger partial charge in [0.05, 0.1) is 5.39 Å². The molecule has 5 nitrogen and oxygen atoms in total. The van der Waals surface area contributed by atoms with Crippen LogP contribution in [0, 0.1) is 0 Å². The van der Waals surface area contributed by atoms with Gasteiger partial charge in [-0.05, 0) is 37.7 Å². The molecule has 2 aromatic heterocycles. The average molecular weight is 289 g/mol. The van der Waals surface area contributed by atoms with E-state index in [-0.39, 0.29) is 0 Å². The number of hydrogen-bond donors (Lipinski definition) is 1. The van der Waals surface area contributed by atoms with Gasteiger partial charge in [-0.1, -0.05) is 0 Å². The molecule has 1 aliphatic carbocycles. The zero-order valence-corrected chi connectivity index (χ0v) is 11.8. The summed E-state index contributed by atoms with van der Waals surface area (Å²) >= 11 is 1.74. The molecule has 1 N–H and O–H groups in total. The monoisotopic (exact) mass is 289 g/mol. The molecule has 1 saturated heterocycles. The molecule has 1 aliphatic heterocycles. The van der Waals surface area contributed by atoms with Crippen molar-refractivity contribution in [2.24, 2.45) is 0 Å². The van der Waals surface area contributed by atoms with Crippen LogP contribution in [0.3, 0.4) is 0 Å². The van der Waals surface area contributed by atoms with Gasteiger partial charge in [0.25, 0.3) is 0 Å². The first-order chi connectivity index (χ1) is 9.75. The maximum atomic E-state index is 11.4. The first-order valence-corrected chi connectivity index (χ1v) is 7.82. The lowest BCUT2D eigenvalue weighted by molar-refractivity contribution is -0.138. The van der Waals surface area contributed by atoms with Crippen LogP contribution in [0.5, 0.6) is 0 Å². The molecule has 0 unspecified atom stereocenters. The van der Waals surface area contributed by atoms with Gasteiger partial charge in [0.1, 0.15) is 23.0 Å². The first kappa shape index (κ1) is 12.1. The Morgan fingerprint density at radius 2 is 2.25 bits per heavy atom. The Morgan fingerprint density at radius 3 is 3.10 bits per heavy atom. The van der Waals surface area contributed by atoms with Gasteiger partial charge in [0.15, 0.2) is 0 Å². The van der Waals surface area contributed by atoms with Gasteiger partial charge in [-0.15, -0.1) is 11.3 Å². The number of thiophene rings is 1. The number of anilines is 1. The molecular weight excluding hydrogens is 274 g/mol. The summed E-state index contributed by atoms with van der Waals surface area (Å²) in [4.78, 5) is 24.6. The summed E-state index contributed by atoms with van der Waals surface area (Å²) < 4.78 is 0. The molecule has 0 spiro atoms. The normalized spacial score (nSPS) is 21.6. The number of aliphatic carboxylic acids is 1. The number of carboxylic acid groups (broad SMARTS) is 1. The van der Waals surface area contributed by atoms with Gasteiger partial charge in [-0.2, -0.15) is 0 Å². The Balaban J connectivity index is 1.89. The molecule has 0 saturated carbocycles.